The molecule has 0 radical (unpaired) electrons. The third-order valence-electron chi connectivity index (χ3n) is 5.11. The number of carbonyl (C=O) groups is 1. The Morgan fingerprint density at radius 1 is 1.00 bits per heavy atom. The molecule has 4 heteroatoms. The quantitative estimate of drug-likeness (QED) is 0.434. The van der Waals surface area contributed by atoms with E-state index in [2.05, 4.69) is 4.57 Å². The van der Waals surface area contributed by atoms with Crippen molar-refractivity contribution in [3.63, 3.8) is 0 Å². The zero-order chi connectivity index (χ0) is 20.4. The summed E-state index contributed by atoms with van der Waals surface area (Å²) in [6.45, 7) is 1.78. The molecule has 4 rings (SSSR count). The lowest BCUT2D eigenvalue weighted by atomic mass is 9.97. The van der Waals surface area contributed by atoms with E-state index in [1.807, 2.05) is 72.9 Å². The van der Waals surface area contributed by atoms with Gasteiger partial charge in [-0.2, -0.15) is 0 Å². The van der Waals surface area contributed by atoms with Crippen molar-refractivity contribution < 1.29 is 14.3 Å². The maximum absolute atomic E-state index is 14.7. The third-order valence-corrected chi connectivity index (χ3v) is 5.11. The number of rotatable bonds is 5. The average Bonchev–Trinajstić information content (AvgIpc) is 3.13. The Kier molecular flexibility index (Phi) is 5.00. The molecule has 1 unspecified atom stereocenters. The smallest absolute Gasteiger partial charge is 0.328 e. The van der Waals surface area contributed by atoms with Crippen molar-refractivity contribution in [3.05, 3.63) is 114 Å². The number of halogens is 1. The van der Waals surface area contributed by atoms with Gasteiger partial charge in [0.15, 0.2) is 0 Å². The number of hydrogen-bond donors (Lipinski definition) is 1. The Hall–Kier alpha value is -3.66. The monoisotopic (exact) mass is 385 g/mol. The highest BCUT2D eigenvalue weighted by Gasteiger charge is 2.21. The normalized spacial score (nSPS) is 12.8. The first-order valence-corrected chi connectivity index (χ1v) is 9.36. The van der Waals surface area contributed by atoms with Crippen LogP contribution in [-0.4, -0.2) is 15.6 Å². The minimum Gasteiger partial charge on any atom is -0.478 e. The first-order valence-electron chi connectivity index (χ1n) is 9.36. The second kappa shape index (κ2) is 7.76. The zero-order valence-corrected chi connectivity index (χ0v) is 15.9. The summed E-state index contributed by atoms with van der Waals surface area (Å²) in [5, 5.41) is 9.97. The maximum Gasteiger partial charge on any atom is 0.328 e. The van der Waals surface area contributed by atoms with Gasteiger partial charge in [-0.25, -0.2) is 9.18 Å². The molecule has 0 aliphatic rings. The van der Waals surface area contributed by atoms with E-state index < -0.39 is 5.97 Å². The van der Waals surface area contributed by atoms with Crippen LogP contribution in [0.4, 0.5) is 4.39 Å². The molecule has 0 bridgehead atoms. The molecule has 1 N–H and O–H groups in total. The summed E-state index contributed by atoms with van der Waals surface area (Å²) >= 11 is 0. The van der Waals surface area contributed by atoms with Gasteiger partial charge in [-0.15, -0.1) is 0 Å². The Balaban J connectivity index is 1.88. The largest absolute Gasteiger partial charge is 0.478 e. The van der Waals surface area contributed by atoms with E-state index in [0.717, 1.165) is 22.0 Å². The van der Waals surface area contributed by atoms with E-state index in [0.29, 0.717) is 11.1 Å². The molecule has 0 amide bonds. The summed E-state index contributed by atoms with van der Waals surface area (Å²) in [5.74, 6) is -1.22. The lowest BCUT2D eigenvalue weighted by Gasteiger charge is -2.22. The van der Waals surface area contributed by atoms with Crippen LogP contribution in [-0.2, 0) is 4.79 Å². The van der Waals surface area contributed by atoms with Crippen molar-refractivity contribution in [2.24, 2.45) is 0 Å². The van der Waals surface area contributed by atoms with Crippen LogP contribution in [0, 0.1) is 5.82 Å². The Labute approximate surface area is 168 Å². The van der Waals surface area contributed by atoms with E-state index in [9.17, 15) is 9.18 Å². The van der Waals surface area contributed by atoms with Crippen LogP contribution >= 0.6 is 0 Å². The second-order valence-electron chi connectivity index (χ2n) is 7.00. The summed E-state index contributed by atoms with van der Waals surface area (Å²) in [6.07, 6.45) is 3.15. The van der Waals surface area contributed by atoms with Gasteiger partial charge in [0.2, 0.25) is 0 Å². The van der Waals surface area contributed by atoms with Gasteiger partial charge >= 0.3 is 5.97 Å². The molecule has 0 saturated carbocycles. The molecule has 0 spiro atoms. The summed E-state index contributed by atoms with van der Waals surface area (Å²) in [5.41, 5.74) is 4.07. The number of benzene rings is 3. The molecule has 3 aromatic carbocycles. The van der Waals surface area contributed by atoms with Crippen LogP contribution in [0.5, 0.6) is 0 Å². The fourth-order valence-electron chi connectivity index (χ4n) is 3.73. The third kappa shape index (κ3) is 3.69. The molecule has 144 valence electrons. The minimum atomic E-state index is -0.969. The zero-order valence-electron chi connectivity index (χ0n) is 15.9. The first-order chi connectivity index (χ1) is 14.0. The van der Waals surface area contributed by atoms with E-state index in [1.165, 1.54) is 12.1 Å². The van der Waals surface area contributed by atoms with Crippen LogP contribution in [0.15, 0.2) is 91.1 Å². The predicted octanol–water partition coefficient (Wildman–Crippen LogP) is 5.91. The van der Waals surface area contributed by atoms with E-state index >= 15 is 0 Å². The molecule has 1 heterocycles. The topological polar surface area (TPSA) is 42.2 Å². The number of fused-ring (bicyclic) bond motifs is 1. The second-order valence-corrected chi connectivity index (χ2v) is 7.00. The van der Waals surface area contributed by atoms with Gasteiger partial charge in [0.25, 0.3) is 0 Å². The summed E-state index contributed by atoms with van der Waals surface area (Å²) in [6, 6.07) is 24.2. The molecular weight excluding hydrogens is 365 g/mol. The van der Waals surface area contributed by atoms with Gasteiger partial charge in [0.1, 0.15) is 5.82 Å². The minimum absolute atomic E-state index is 0.250. The highest BCUT2D eigenvalue weighted by molar-refractivity contribution is 5.92. The van der Waals surface area contributed by atoms with E-state index in [1.54, 1.807) is 13.0 Å². The van der Waals surface area contributed by atoms with E-state index in [-0.39, 0.29) is 11.9 Å². The highest BCUT2D eigenvalue weighted by atomic mass is 19.1. The number of allylic oxidation sites excluding steroid dienone is 1. The fraction of sp³-hybridized carbons (Fsp3) is 0.0800. The van der Waals surface area contributed by atoms with Crippen LogP contribution in [0.1, 0.15) is 29.7 Å². The fourth-order valence-corrected chi connectivity index (χ4v) is 3.73. The molecule has 29 heavy (non-hydrogen) atoms. The number of aliphatic carboxylic acids is 1. The Morgan fingerprint density at radius 3 is 2.45 bits per heavy atom. The van der Waals surface area contributed by atoms with E-state index in [4.69, 9.17) is 5.11 Å². The molecule has 0 aliphatic carbocycles. The predicted molar refractivity (Wildman–Crippen MR) is 113 cm³/mol. The molecule has 0 saturated heterocycles. The number of carboxylic acids is 1. The maximum atomic E-state index is 14.7. The molecule has 3 nitrogen and oxygen atoms in total. The van der Waals surface area contributed by atoms with Crippen molar-refractivity contribution in [1.82, 2.24) is 4.57 Å². The van der Waals surface area contributed by atoms with Gasteiger partial charge in [0.05, 0.1) is 6.04 Å². The molecule has 0 fully saturated rings. The Bertz CT molecular complexity index is 1210. The van der Waals surface area contributed by atoms with Crippen molar-refractivity contribution in [3.8, 4) is 0 Å². The lowest BCUT2D eigenvalue weighted by molar-refractivity contribution is -0.131. The molecular formula is C25H20FNO2. The van der Waals surface area contributed by atoms with Crippen LogP contribution in [0.2, 0.25) is 0 Å². The number of carboxylic acid groups (broad SMARTS) is 1. The molecule has 0 aliphatic heterocycles. The molecule has 4 aromatic rings. The van der Waals surface area contributed by atoms with Gasteiger partial charge in [0, 0.05) is 28.7 Å². The number of aromatic nitrogens is 1. The van der Waals surface area contributed by atoms with Crippen molar-refractivity contribution >= 4 is 22.4 Å². The van der Waals surface area contributed by atoms with Gasteiger partial charge in [-0.1, -0.05) is 54.6 Å². The van der Waals surface area contributed by atoms with Gasteiger partial charge < -0.3 is 9.67 Å². The Morgan fingerprint density at radius 2 is 1.72 bits per heavy atom. The number of nitrogens with zero attached hydrogens (tertiary/aromatic N) is 1. The summed E-state index contributed by atoms with van der Waals surface area (Å²) in [7, 11) is 0. The standard InChI is InChI=1S/C25H20FNO2/c1-17(15-24(28)29)19-11-12-23-20(16-19)13-14-27(23)25(18-7-3-2-4-8-18)21-9-5-6-10-22(21)26/h2-16,25H,1H3,(H,28,29)/b17-15+. The van der Waals surface area contributed by atoms with Crippen molar-refractivity contribution in [1.29, 1.82) is 0 Å². The highest BCUT2D eigenvalue weighted by Crippen LogP contribution is 2.33. The van der Waals surface area contributed by atoms with Crippen LogP contribution in [0.25, 0.3) is 16.5 Å². The SMILES string of the molecule is C/C(=C\C(=O)O)c1ccc2c(ccn2C(c2ccccc2)c2ccccc2F)c1. The first kappa shape index (κ1) is 18.7. The van der Waals surface area contributed by atoms with Gasteiger partial charge in [-0.05, 0) is 47.9 Å². The lowest BCUT2D eigenvalue weighted by Crippen LogP contribution is -2.13. The van der Waals surface area contributed by atoms with Crippen molar-refractivity contribution in [2.75, 3.05) is 0 Å². The molecule has 1 atom stereocenters. The average molecular weight is 385 g/mol. The summed E-state index contributed by atoms with van der Waals surface area (Å²) < 4.78 is 16.8. The van der Waals surface area contributed by atoms with Crippen LogP contribution < -0.4 is 0 Å². The summed E-state index contributed by atoms with van der Waals surface area (Å²) in [4.78, 5) is 11.0. The van der Waals surface area contributed by atoms with Crippen molar-refractivity contribution in [2.45, 2.75) is 13.0 Å². The molecule has 1 aromatic heterocycles. The number of hydrogen-bond acceptors (Lipinski definition) is 1. The van der Waals surface area contributed by atoms with Gasteiger partial charge in [-0.3, -0.25) is 0 Å². The van der Waals surface area contributed by atoms with Crippen LogP contribution in [0.3, 0.4) is 0 Å².